The van der Waals surface area contributed by atoms with Gasteiger partial charge in [0.2, 0.25) is 11.8 Å². The molecular formula is C26H26F4N4O4. The Morgan fingerprint density at radius 2 is 2.03 bits per heavy atom. The number of amides is 1. The number of fused-ring (bicyclic) bond motifs is 2. The summed E-state index contributed by atoms with van der Waals surface area (Å²) in [7, 11) is 0. The van der Waals surface area contributed by atoms with E-state index < -0.39 is 54.8 Å². The molecule has 2 aromatic heterocycles. The summed E-state index contributed by atoms with van der Waals surface area (Å²) in [5.41, 5.74) is 1.64. The number of ether oxygens (including phenoxy) is 2. The maximum Gasteiger partial charge on any atom is 0.414 e. The SMILES string of the molecule is C[C@H]1CO[C@@H](C(F)(F)F)CC(C(=O)CN2C(=O)C[C@H](Oc3ccc4[nH]ncc4n3)Cc3c(F)cccc32)C1. The molecule has 12 heteroatoms. The number of carbonyl (C=O) groups is 2. The lowest BCUT2D eigenvalue weighted by atomic mass is 9.88. The molecule has 0 aliphatic carbocycles. The summed E-state index contributed by atoms with van der Waals surface area (Å²) in [4.78, 5) is 32.2. The van der Waals surface area contributed by atoms with Crippen LogP contribution in [0.4, 0.5) is 23.2 Å². The molecule has 38 heavy (non-hydrogen) atoms. The smallest absolute Gasteiger partial charge is 0.414 e. The number of nitrogens with one attached hydrogen (secondary N) is 1. The fourth-order valence-corrected chi connectivity index (χ4v) is 5.08. The van der Waals surface area contributed by atoms with E-state index >= 15 is 0 Å². The summed E-state index contributed by atoms with van der Waals surface area (Å²) in [6.07, 6.45) is -6.37. The van der Waals surface area contributed by atoms with E-state index in [1.807, 2.05) is 0 Å². The van der Waals surface area contributed by atoms with E-state index in [4.69, 9.17) is 9.47 Å². The molecule has 4 atom stereocenters. The van der Waals surface area contributed by atoms with E-state index in [2.05, 4.69) is 15.2 Å². The number of rotatable bonds is 5. The second-order valence-corrected chi connectivity index (χ2v) is 9.92. The molecule has 0 saturated carbocycles. The number of carbonyl (C=O) groups excluding carboxylic acids is 2. The molecule has 3 aromatic rings. The van der Waals surface area contributed by atoms with Gasteiger partial charge in [0.05, 0.1) is 30.4 Å². The fourth-order valence-electron chi connectivity index (χ4n) is 5.08. The number of H-pyrrole nitrogens is 1. The number of hydrogen-bond donors (Lipinski definition) is 1. The Labute approximate surface area is 215 Å². The number of Topliss-reactive ketones (excluding diaryl/α,β-unsaturated/α-hetero) is 1. The number of alkyl halides is 3. The van der Waals surface area contributed by atoms with Crippen molar-refractivity contribution in [1.29, 1.82) is 0 Å². The van der Waals surface area contributed by atoms with Gasteiger partial charge in [-0.2, -0.15) is 18.3 Å². The van der Waals surface area contributed by atoms with Gasteiger partial charge in [-0.3, -0.25) is 14.7 Å². The third kappa shape index (κ3) is 5.50. The molecule has 4 heterocycles. The standard InChI is InChI=1S/C26H26F4N4O4/c1-14-7-15(8-23(37-13-14)26(28,29)30)22(35)12-34-21-4-2-3-18(27)17(21)9-16(10-25(34)36)38-24-6-5-19-20(32-24)11-31-33-19/h2-6,11,14-16,23H,7-10,12-13H2,1H3,(H,31,33)/t14-,15?,16-,23-/m1/s1. The number of nitrogens with zero attached hydrogens (tertiary/aromatic N) is 3. The van der Waals surface area contributed by atoms with Gasteiger partial charge >= 0.3 is 6.18 Å². The van der Waals surface area contributed by atoms with Gasteiger partial charge in [-0.25, -0.2) is 9.37 Å². The number of aromatic nitrogens is 3. The van der Waals surface area contributed by atoms with Gasteiger partial charge in [0.15, 0.2) is 11.9 Å². The third-order valence-electron chi connectivity index (χ3n) is 6.98. The van der Waals surface area contributed by atoms with Crippen LogP contribution in [0.5, 0.6) is 5.88 Å². The molecular weight excluding hydrogens is 508 g/mol. The molecule has 0 radical (unpaired) electrons. The number of benzene rings is 1. The molecule has 202 valence electrons. The number of hydrogen-bond acceptors (Lipinski definition) is 6. The molecule has 0 spiro atoms. The molecule has 1 aromatic carbocycles. The van der Waals surface area contributed by atoms with Crippen LogP contribution in [0.3, 0.4) is 0 Å². The Morgan fingerprint density at radius 1 is 1.21 bits per heavy atom. The highest BCUT2D eigenvalue weighted by atomic mass is 19.4. The highest BCUT2D eigenvalue weighted by Gasteiger charge is 2.45. The Hall–Kier alpha value is -3.54. The molecule has 2 aliphatic rings. The first-order valence-electron chi connectivity index (χ1n) is 12.3. The van der Waals surface area contributed by atoms with Crippen LogP contribution in [0.2, 0.25) is 0 Å². The summed E-state index contributed by atoms with van der Waals surface area (Å²) in [5.74, 6) is -2.59. The summed E-state index contributed by atoms with van der Waals surface area (Å²) in [5, 5.41) is 6.68. The van der Waals surface area contributed by atoms with Crippen LogP contribution >= 0.6 is 0 Å². The van der Waals surface area contributed by atoms with Crippen molar-refractivity contribution in [3.63, 3.8) is 0 Å². The molecule has 1 amide bonds. The van der Waals surface area contributed by atoms with Gasteiger partial charge in [-0.15, -0.1) is 0 Å². The predicted octanol–water partition coefficient (Wildman–Crippen LogP) is 4.39. The first-order chi connectivity index (χ1) is 18.1. The van der Waals surface area contributed by atoms with Crippen molar-refractivity contribution in [1.82, 2.24) is 15.2 Å². The van der Waals surface area contributed by atoms with Crippen molar-refractivity contribution in [2.75, 3.05) is 18.1 Å². The first-order valence-corrected chi connectivity index (χ1v) is 12.3. The summed E-state index contributed by atoms with van der Waals surface area (Å²) in [6, 6.07) is 7.52. The average Bonchev–Trinajstić information content (AvgIpc) is 3.16. The van der Waals surface area contributed by atoms with Crippen LogP contribution in [0.25, 0.3) is 11.0 Å². The number of anilines is 1. The predicted molar refractivity (Wildman–Crippen MR) is 128 cm³/mol. The largest absolute Gasteiger partial charge is 0.473 e. The van der Waals surface area contributed by atoms with Gasteiger partial charge in [-0.1, -0.05) is 13.0 Å². The second kappa shape index (κ2) is 10.3. The van der Waals surface area contributed by atoms with E-state index in [0.29, 0.717) is 11.0 Å². The van der Waals surface area contributed by atoms with Crippen LogP contribution in [-0.2, 0) is 20.7 Å². The van der Waals surface area contributed by atoms with Gasteiger partial charge in [-0.05, 0) is 37.0 Å². The molecule has 8 nitrogen and oxygen atoms in total. The number of ketones is 1. The maximum atomic E-state index is 15.0. The Balaban J connectivity index is 1.38. The summed E-state index contributed by atoms with van der Waals surface area (Å²) < 4.78 is 66.2. The molecule has 0 bridgehead atoms. The van der Waals surface area contributed by atoms with Crippen LogP contribution in [0, 0.1) is 17.7 Å². The normalized spacial score (nSPS) is 24.6. The highest BCUT2D eigenvalue weighted by molar-refractivity contribution is 6.01. The maximum absolute atomic E-state index is 15.0. The third-order valence-corrected chi connectivity index (χ3v) is 6.98. The van der Waals surface area contributed by atoms with Crippen LogP contribution < -0.4 is 9.64 Å². The quantitative estimate of drug-likeness (QED) is 0.488. The second-order valence-electron chi connectivity index (χ2n) is 9.92. The lowest BCUT2D eigenvalue weighted by Gasteiger charge is -2.26. The van der Waals surface area contributed by atoms with E-state index in [9.17, 15) is 27.2 Å². The molecule has 2 aliphatic heterocycles. The molecule has 5 rings (SSSR count). The average molecular weight is 535 g/mol. The van der Waals surface area contributed by atoms with Crippen LogP contribution in [-0.4, -0.2) is 58.4 Å². The molecule has 1 N–H and O–H groups in total. The van der Waals surface area contributed by atoms with E-state index in [1.165, 1.54) is 24.4 Å². The lowest BCUT2D eigenvalue weighted by molar-refractivity contribution is -0.222. The van der Waals surface area contributed by atoms with E-state index in [1.54, 1.807) is 19.1 Å². The van der Waals surface area contributed by atoms with E-state index in [-0.39, 0.29) is 48.9 Å². The van der Waals surface area contributed by atoms with Crippen molar-refractivity contribution in [3.8, 4) is 5.88 Å². The van der Waals surface area contributed by atoms with Gasteiger partial charge in [0.1, 0.15) is 17.4 Å². The van der Waals surface area contributed by atoms with Gasteiger partial charge in [0, 0.05) is 30.6 Å². The van der Waals surface area contributed by atoms with Crippen molar-refractivity contribution in [2.24, 2.45) is 11.8 Å². The molecule has 1 saturated heterocycles. The Morgan fingerprint density at radius 3 is 2.82 bits per heavy atom. The monoisotopic (exact) mass is 534 g/mol. The minimum atomic E-state index is -4.60. The Bertz CT molecular complexity index is 1340. The zero-order valence-corrected chi connectivity index (χ0v) is 20.5. The van der Waals surface area contributed by atoms with Crippen LogP contribution in [0.15, 0.2) is 36.5 Å². The van der Waals surface area contributed by atoms with Gasteiger partial charge < -0.3 is 14.4 Å². The molecule has 1 unspecified atom stereocenters. The van der Waals surface area contributed by atoms with Crippen molar-refractivity contribution in [2.45, 2.75) is 51.0 Å². The lowest BCUT2D eigenvalue weighted by Crippen LogP contribution is -2.40. The minimum Gasteiger partial charge on any atom is -0.473 e. The summed E-state index contributed by atoms with van der Waals surface area (Å²) >= 11 is 0. The number of pyridine rings is 1. The zero-order valence-electron chi connectivity index (χ0n) is 20.5. The fraction of sp³-hybridized carbons (Fsp3) is 0.462. The highest BCUT2D eigenvalue weighted by Crippen LogP contribution is 2.35. The van der Waals surface area contributed by atoms with Crippen molar-refractivity contribution < 1.29 is 36.6 Å². The summed E-state index contributed by atoms with van der Waals surface area (Å²) in [6.45, 7) is 1.14. The van der Waals surface area contributed by atoms with Gasteiger partial charge in [0.25, 0.3) is 0 Å². The van der Waals surface area contributed by atoms with Crippen molar-refractivity contribution in [3.05, 3.63) is 47.9 Å². The molecule has 1 fully saturated rings. The first kappa shape index (κ1) is 26.1. The van der Waals surface area contributed by atoms with Crippen molar-refractivity contribution >= 4 is 28.4 Å². The van der Waals surface area contributed by atoms with E-state index in [0.717, 1.165) is 4.90 Å². The number of aromatic amines is 1. The zero-order chi connectivity index (χ0) is 27.0. The minimum absolute atomic E-state index is 0.0357. The Kier molecular flexibility index (Phi) is 7.08. The number of halogens is 4. The topological polar surface area (TPSA) is 97.4 Å². The van der Waals surface area contributed by atoms with Crippen LogP contribution in [0.1, 0.15) is 31.7 Å².